The largest absolute Gasteiger partial charge is 0.508 e. The molecule has 2 N–H and O–H groups in total. The van der Waals surface area contributed by atoms with E-state index < -0.39 is 12.1 Å². The van der Waals surface area contributed by atoms with E-state index in [0.717, 1.165) is 0 Å². The molecule has 1 rings (SSSR count). The lowest BCUT2D eigenvalue weighted by Gasteiger charge is -2.10. The van der Waals surface area contributed by atoms with E-state index >= 15 is 0 Å². The fourth-order valence-electron chi connectivity index (χ4n) is 1.41. The highest BCUT2D eigenvalue weighted by atomic mass is 19.1. The number of phenols is 1. The SMILES string of the molecule is CCCC(F)c1cc(O)ccc1C(=O)O. The maximum Gasteiger partial charge on any atom is 0.336 e. The molecule has 82 valence electrons. The monoisotopic (exact) mass is 212 g/mol. The summed E-state index contributed by atoms with van der Waals surface area (Å²) >= 11 is 0. The van der Waals surface area contributed by atoms with Gasteiger partial charge in [0, 0.05) is 5.56 Å². The first-order valence-corrected chi connectivity index (χ1v) is 4.76. The summed E-state index contributed by atoms with van der Waals surface area (Å²) in [4.78, 5) is 10.8. The Bertz CT molecular complexity index is 363. The zero-order valence-corrected chi connectivity index (χ0v) is 8.40. The summed E-state index contributed by atoms with van der Waals surface area (Å²) < 4.78 is 13.6. The quantitative estimate of drug-likeness (QED) is 0.806. The number of phenolic OH excluding ortho intramolecular Hbond substituents is 1. The first kappa shape index (κ1) is 11.5. The fourth-order valence-corrected chi connectivity index (χ4v) is 1.41. The Kier molecular flexibility index (Phi) is 3.66. The summed E-state index contributed by atoms with van der Waals surface area (Å²) in [6.07, 6.45) is -0.465. The third-order valence-electron chi connectivity index (χ3n) is 2.15. The Hall–Kier alpha value is -1.58. The highest BCUT2D eigenvalue weighted by Gasteiger charge is 2.18. The molecule has 0 fully saturated rings. The highest BCUT2D eigenvalue weighted by molar-refractivity contribution is 5.89. The molecule has 1 atom stereocenters. The number of benzene rings is 1. The molecular weight excluding hydrogens is 199 g/mol. The summed E-state index contributed by atoms with van der Waals surface area (Å²) in [5, 5.41) is 18.0. The number of halogens is 1. The van der Waals surface area contributed by atoms with Gasteiger partial charge in [-0.2, -0.15) is 0 Å². The van der Waals surface area contributed by atoms with E-state index in [-0.39, 0.29) is 23.3 Å². The third kappa shape index (κ3) is 2.68. The molecule has 0 bridgehead atoms. The molecule has 0 aromatic heterocycles. The van der Waals surface area contributed by atoms with Gasteiger partial charge in [0.15, 0.2) is 0 Å². The molecule has 15 heavy (non-hydrogen) atoms. The maximum absolute atomic E-state index is 13.6. The van der Waals surface area contributed by atoms with Crippen molar-refractivity contribution in [1.82, 2.24) is 0 Å². The van der Waals surface area contributed by atoms with Gasteiger partial charge >= 0.3 is 5.97 Å². The summed E-state index contributed by atoms with van der Waals surface area (Å²) in [6.45, 7) is 1.82. The van der Waals surface area contributed by atoms with E-state index in [1.165, 1.54) is 18.2 Å². The van der Waals surface area contributed by atoms with Gasteiger partial charge in [-0.1, -0.05) is 13.3 Å². The molecule has 0 spiro atoms. The molecule has 0 radical (unpaired) electrons. The standard InChI is InChI=1S/C11H13FO3/c1-2-3-10(12)9-6-7(13)4-5-8(9)11(14)15/h4-6,10,13H,2-3H2,1H3,(H,14,15). The van der Waals surface area contributed by atoms with Crippen molar-refractivity contribution < 1.29 is 19.4 Å². The minimum atomic E-state index is -1.34. The smallest absolute Gasteiger partial charge is 0.336 e. The van der Waals surface area contributed by atoms with Gasteiger partial charge in [-0.25, -0.2) is 9.18 Å². The molecule has 1 aromatic carbocycles. The molecule has 4 heteroatoms. The van der Waals surface area contributed by atoms with Crippen LogP contribution in [0.15, 0.2) is 18.2 Å². The zero-order valence-electron chi connectivity index (χ0n) is 8.40. The van der Waals surface area contributed by atoms with Crippen molar-refractivity contribution in [2.24, 2.45) is 0 Å². The van der Waals surface area contributed by atoms with Crippen LogP contribution in [0, 0.1) is 0 Å². The Morgan fingerprint density at radius 3 is 2.73 bits per heavy atom. The van der Waals surface area contributed by atoms with E-state index in [0.29, 0.717) is 6.42 Å². The molecule has 0 amide bonds. The van der Waals surface area contributed by atoms with Crippen LogP contribution in [0.5, 0.6) is 5.75 Å². The van der Waals surface area contributed by atoms with Crippen LogP contribution in [0.4, 0.5) is 4.39 Å². The number of hydrogen-bond acceptors (Lipinski definition) is 2. The maximum atomic E-state index is 13.6. The second-order valence-corrected chi connectivity index (χ2v) is 3.33. The van der Waals surface area contributed by atoms with Crippen molar-refractivity contribution in [1.29, 1.82) is 0 Å². The van der Waals surface area contributed by atoms with Gasteiger partial charge in [0.25, 0.3) is 0 Å². The van der Waals surface area contributed by atoms with E-state index in [9.17, 15) is 14.3 Å². The van der Waals surface area contributed by atoms with Crippen LogP contribution in [-0.2, 0) is 0 Å². The Balaban J connectivity index is 3.12. The number of carbonyl (C=O) groups is 1. The number of rotatable bonds is 4. The van der Waals surface area contributed by atoms with Crippen molar-refractivity contribution >= 4 is 5.97 Å². The van der Waals surface area contributed by atoms with Crippen LogP contribution in [0.3, 0.4) is 0 Å². The Morgan fingerprint density at radius 1 is 1.53 bits per heavy atom. The number of hydrogen-bond donors (Lipinski definition) is 2. The highest BCUT2D eigenvalue weighted by Crippen LogP contribution is 2.28. The Morgan fingerprint density at radius 2 is 2.20 bits per heavy atom. The molecule has 0 saturated heterocycles. The molecule has 0 aliphatic heterocycles. The normalized spacial score (nSPS) is 12.4. The molecular formula is C11H13FO3. The first-order chi connectivity index (χ1) is 7.06. The van der Waals surface area contributed by atoms with Crippen LogP contribution in [0.2, 0.25) is 0 Å². The van der Waals surface area contributed by atoms with Gasteiger partial charge < -0.3 is 10.2 Å². The molecule has 1 unspecified atom stereocenters. The second kappa shape index (κ2) is 4.77. The summed E-state index contributed by atoms with van der Waals surface area (Å²) in [7, 11) is 0. The van der Waals surface area contributed by atoms with Crippen LogP contribution >= 0.6 is 0 Å². The second-order valence-electron chi connectivity index (χ2n) is 3.33. The number of aromatic hydroxyl groups is 1. The summed E-state index contributed by atoms with van der Waals surface area (Å²) in [5.74, 6) is -1.29. The lowest BCUT2D eigenvalue weighted by molar-refractivity contribution is 0.0693. The van der Waals surface area contributed by atoms with Crippen LogP contribution < -0.4 is 0 Å². The predicted molar refractivity (Wildman–Crippen MR) is 53.8 cm³/mol. The number of alkyl halides is 1. The molecule has 3 nitrogen and oxygen atoms in total. The lowest BCUT2D eigenvalue weighted by Crippen LogP contribution is -2.04. The van der Waals surface area contributed by atoms with E-state index in [4.69, 9.17) is 5.11 Å². The van der Waals surface area contributed by atoms with Gasteiger partial charge in [0.2, 0.25) is 0 Å². The average Bonchev–Trinajstić information content (AvgIpc) is 2.17. The molecule has 0 saturated carbocycles. The lowest BCUT2D eigenvalue weighted by atomic mass is 10.00. The molecule has 0 heterocycles. The summed E-state index contributed by atoms with van der Waals surface area (Å²) in [6, 6.07) is 3.63. The zero-order chi connectivity index (χ0) is 11.4. The van der Waals surface area contributed by atoms with Crippen molar-refractivity contribution in [3.05, 3.63) is 29.3 Å². The van der Waals surface area contributed by atoms with E-state index in [1.54, 1.807) is 0 Å². The first-order valence-electron chi connectivity index (χ1n) is 4.76. The third-order valence-corrected chi connectivity index (χ3v) is 2.15. The minimum Gasteiger partial charge on any atom is -0.508 e. The number of carboxylic acid groups (broad SMARTS) is 1. The van der Waals surface area contributed by atoms with Crippen molar-refractivity contribution in [3.63, 3.8) is 0 Å². The summed E-state index contributed by atoms with van der Waals surface area (Å²) in [5.41, 5.74) is -0.0434. The molecule has 0 aliphatic carbocycles. The van der Waals surface area contributed by atoms with Gasteiger partial charge in [0.1, 0.15) is 11.9 Å². The topological polar surface area (TPSA) is 57.5 Å². The number of carboxylic acids is 1. The van der Waals surface area contributed by atoms with Crippen LogP contribution in [0.25, 0.3) is 0 Å². The number of aromatic carboxylic acids is 1. The Labute approximate surface area is 87.2 Å². The average molecular weight is 212 g/mol. The van der Waals surface area contributed by atoms with Gasteiger partial charge in [-0.3, -0.25) is 0 Å². The van der Waals surface area contributed by atoms with E-state index in [1.807, 2.05) is 6.92 Å². The minimum absolute atomic E-state index is 0.0457. The van der Waals surface area contributed by atoms with E-state index in [2.05, 4.69) is 0 Å². The van der Waals surface area contributed by atoms with Crippen LogP contribution in [-0.4, -0.2) is 16.2 Å². The van der Waals surface area contributed by atoms with Crippen molar-refractivity contribution in [2.75, 3.05) is 0 Å². The van der Waals surface area contributed by atoms with Gasteiger partial charge in [-0.05, 0) is 24.6 Å². The predicted octanol–water partition coefficient (Wildman–Crippen LogP) is 2.90. The van der Waals surface area contributed by atoms with Gasteiger partial charge in [-0.15, -0.1) is 0 Å². The van der Waals surface area contributed by atoms with Crippen LogP contribution in [0.1, 0.15) is 41.9 Å². The van der Waals surface area contributed by atoms with Crippen molar-refractivity contribution in [2.45, 2.75) is 25.9 Å². The molecule has 1 aromatic rings. The van der Waals surface area contributed by atoms with Gasteiger partial charge in [0.05, 0.1) is 5.56 Å². The fraction of sp³-hybridized carbons (Fsp3) is 0.364. The molecule has 0 aliphatic rings. The van der Waals surface area contributed by atoms with Crippen molar-refractivity contribution in [3.8, 4) is 5.75 Å².